The van der Waals surface area contributed by atoms with E-state index in [2.05, 4.69) is 16.0 Å². The first-order valence-electron chi connectivity index (χ1n) is 7.06. The highest BCUT2D eigenvalue weighted by Crippen LogP contribution is 2.27. The van der Waals surface area contributed by atoms with Gasteiger partial charge < -0.3 is 15.0 Å². The van der Waals surface area contributed by atoms with Gasteiger partial charge in [0.2, 0.25) is 5.95 Å². The molecule has 2 heterocycles. The molecule has 21 heavy (non-hydrogen) atoms. The van der Waals surface area contributed by atoms with Crippen molar-refractivity contribution in [2.75, 3.05) is 12.3 Å². The standard InChI is InChI=1S/C16H18N4O/c1-2-21-14-7-3-6-13-15(14)19-16(17)20(13)10-8-12-5-4-9-18-11-12/h3-7,9,11H,2,8,10H2,1H3,(H2,17,19). The minimum absolute atomic E-state index is 0.515. The molecule has 3 rings (SSSR count). The van der Waals surface area contributed by atoms with Crippen molar-refractivity contribution in [2.24, 2.45) is 0 Å². The van der Waals surface area contributed by atoms with Gasteiger partial charge in [-0.2, -0.15) is 0 Å². The molecule has 5 nitrogen and oxygen atoms in total. The Labute approximate surface area is 123 Å². The maximum Gasteiger partial charge on any atom is 0.201 e. The molecular formula is C16H18N4O. The number of aryl methyl sites for hydroxylation is 2. The highest BCUT2D eigenvalue weighted by atomic mass is 16.5. The first kappa shape index (κ1) is 13.4. The third-order valence-electron chi connectivity index (χ3n) is 3.42. The smallest absolute Gasteiger partial charge is 0.201 e. The van der Waals surface area contributed by atoms with Crippen molar-refractivity contribution in [3.05, 3.63) is 48.3 Å². The highest BCUT2D eigenvalue weighted by molar-refractivity contribution is 5.84. The Morgan fingerprint density at radius 3 is 2.90 bits per heavy atom. The van der Waals surface area contributed by atoms with Gasteiger partial charge >= 0.3 is 0 Å². The molecule has 108 valence electrons. The first-order chi connectivity index (χ1) is 10.3. The largest absolute Gasteiger partial charge is 0.492 e. The first-order valence-corrected chi connectivity index (χ1v) is 7.06. The van der Waals surface area contributed by atoms with E-state index >= 15 is 0 Å². The summed E-state index contributed by atoms with van der Waals surface area (Å²) < 4.78 is 7.63. The van der Waals surface area contributed by atoms with Crippen LogP contribution in [0, 0.1) is 0 Å². The number of anilines is 1. The number of nitrogen functional groups attached to an aromatic ring is 1. The molecule has 0 aliphatic carbocycles. The lowest BCUT2D eigenvalue weighted by Gasteiger charge is -2.07. The molecule has 0 amide bonds. The molecule has 5 heteroatoms. The molecule has 0 saturated heterocycles. The molecule has 0 fully saturated rings. The van der Waals surface area contributed by atoms with Crippen molar-refractivity contribution in [3.63, 3.8) is 0 Å². The fourth-order valence-corrected chi connectivity index (χ4v) is 2.43. The van der Waals surface area contributed by atoms with E-state index in [1.807, 2.05) is 42.0 Å². The predicted octanol–water partition coefficient (Wildman–Crippen LogP) is 2.65. The van der Waals surface area contributed by atoms with Gasteiger partial charge in [-0.1, -0.05) is 12.1 Å². The van der Waals surface area contributed by atoms with Gasteiger partial charge in [0.1, 0.15) is 11.3 Å². The Bertz CT molecular complexity index is 737. The molecule has 2 N–H and O–H groups in total. The summed E-state index contributed by atoms with van der Waals surface area (Å²) in [6, 6.07) is 9.91. The summed E-state index contributed by atoms with van der Waals surface area (Å²) in [6.07, 6.45) is 4.52. The van der Waals surface area contributed by atoms with Crippen LogP contribution in [0.15, 0.2) is 42.7 Å². The lowest BCUT2D eigenvalue weighted by molar-refractivity contribution is 0.343. The normalized spacial score (nSPS) is 10.9. The van der Waals surface area contributed by atoms with Gasteiger partial charge in [-0.25, -0.2) is 4.98 Å². The highest BCUT2D eigenvalue weighted by Gasteiger charge is 2.12. The number of para-hydroxylation sites is 1. The number of nitrogens with two attached hydrogens (primary N) is 1. The molecule has 0 unspecified atom stereocenters. The predicted molar refractivity (Wildman–Crippen MR) is 83.3 cm³/mol. The summed E-state index contributed by atoms with van der Waals surface area (Å²) >= 11 is 0. The molecule has 0 radical (unpaired) electrons. The minimum Gasteiger partial charge on any atom is -0.492 e. The van der Waals surface area contributed by atoms with E-state index in [0.29, 0.717) is 12.6 Å². The van der Waals surface area contributed by atoms with Crippen LogP contribution in [0.2, 0.25) is 0 Å². The molecule has 0 aliphatic heterocycles. The zero-order valence-electron chi connectivity index (χ0n) is 12.0. The number of fused-ring (bicyclic) bond motifs is 1. The monoisotopic (exact) mass is 282 g/mol. The van der Waals surface area contributed by atoms with Crippen LogP contribution in [0.5, 0.6) is 5.75 Å². The van der Waals surface area contributed by atoms with Crippen LogP contribution in [0.3, 0.4) is 0 Å². The Kier molecular flexibility index (Phi) is 3.73. The van der Waals surface area contributed by atoms with Gasteiger partial charge in [0.15, 0.2) is 0 Å². The van der Waals surface area contributed by atoms with Gasteiger partial charge in [0.25, 0.3) is 0 Å². The number of rotatable bonds is 5. The summed E-state index contributed by atoms with van der Waals surface area (Å²) in [7, 11) is 0. The quantitative estimate of drug-likeness (QED) is 0.781. The number of benzene rings is 1. The number of pyridine rings is 1. The Balaban J connectivity index is 1.91. The van der Waals surface area contributed by atoms with Gasteiger partial charge in [0, 0.05) is 18.9 Å². The fourth-order valence-electron chi connectivity index (χ4n) is 2.43. The van der Waals surface area contributed by atoms with Crippen molar-refractivity contribution < 1.29 is 4.74 Å². The van der Waals surface area contributed by atoms with Gasteiger partial charge in [-0.3, -0.25) is 4.98 Å². The SMILES string of the molecule is CCOc1cccc2c1nc(N)n2CCc1cccnc1. The summed E-state index contributed by atoms with van der Waals surface area (Å²) in [5, 5.41) is 0. The molecule has 2 aromatic heterocycles. The zero-order valence-corrected chi connectivity index (χ0v) is 12.0. The number of ether oxygens (including phenoxy) is 1. The number of nitrogens with zero attached hydrogens (tertiary/aromatic N) is 3. The topological polar surface area (TPSA) is 66.0 Å². The lowest BCUT2D eigenvalue weighted by Crippen LogP contribution is -2.05. The van der Waals surface area contributed by atoms with E-state index < -0.39 is 0 Å². The zero-order chi connectivity index (χ0) is 14.7. The van der Waals surface area contributed by atoms with E-state index in [1.54, 1.807) is 6.20 Å². The fraction of sp³-hybridized carbons (Fsp3) is 0.250. The Hall–Kier alpha value is -2.56. The van der Waals surface area contributed by atoms with Crippen molar-refractivity contribution in [2.45, 2.75) is 19.9 Å². The van der Waals surface area contributed by atoms with E-state index in [4.69, 9.17) is 10.5 Å². The van der Waals surface area contributed by atoms with Crippen LogP contribution in [-0.2, 0) is 13.0 Å². The van der Waals surface area contributed by atoms with Gasteiger partial charge in [-0.05, 0) is 37.1 Å². The van der Waals surface area contributed by atoms with Crippen LogP contribution in [-0.4, -0.2) is 21.1 Å². The van der Waals surface area contributed by atoms with Crippen LogP contribution in [0.4, 0.5) is 5.95 Å². The van der Waals surface area contributed by atoms with Crippen LogP contribution >= 0.6 is 0 Å². The molecule has 0 bridgehead atoms. The third-order valence-corrected chi connectivity index (χ3v) is 3.42. The molecule has 0 spiro atoms. The average Bonchev–Trinajstić information content (AvgIpc) is 2.83. The summed E-state index contributed by atoms with van der Waals surface area (Å²) in [5.74, 6) is 1.29. The maximum absolute atomic E-state index is 6.06. The number of hydrogen-bond acceptors (Lipinski definition) is 4. The Morgan fingerprint density at radius 2 is 2.14 bits per heavy atom. The molecule has 1 aromatic carbocycles. The van der Waals surface area contributed by atoms with Crippen LogP contribution in [0.1, 0.15) is 12.5 Å². The van der Waals surface area contributed by atoms with Gasteiger partial charge in [-0.15, -0.1) is 0 Å². The van der Waals surface area contributed by atoms with Crippen molar-refractivity contribution in [1.29, 1.82) is 0 Å². The summed E-state index contributed by atoms with van der Waals surface area (Å²) in [4.78, 5) is 8.58. The molecule has 0 saturated carbocycles. The summed E-state index contributed by atoms with van der Waals surface area (Å²) in [5.41, 5.74) is 9.07. The van der Waals surface area contributed by atoms with Crippen LogP contribution < -0.4 is 10.5 Å². The molecule has 0 aliphatic rings. The minimum atomic E-state index is 0.515. The third kappa shape index (κ3) is 2.67. The summed E-state index contributed by atoms with van der Waals surface area (Å²) in [6.45, 7) is 3.34. The van der Waals surface area contributed by atoms with Crippen molar-refractivity contribution >= 4 is 17.0 Å². The number of hydrogen-bond donors (Lipinski definition) is 1. The van der Waals surface area contributed by atoms with E-state index in [1.165, 1.54) is 5.56 Å². The number of aromatic nitrogens is 3. The van der Waals surface area contributed by atoms with E-state index in [9.17, 15) is 0 Å². The average molecular weight is 282 g/mol. The molecular weight excluding hydrogens is 264 g/mol. The molecule has 0 atom stereocenters. The second kappa shape index (κ2) is 5.83. The lowest BCUT2D eigenvalue weighted by atomic mass is 10.2. The van der Waals surface area contributed by atoms with Gasteiger partial charge in [0.05, 0.1) is 12.1 Å². The van der Waals surface area contributed by atoms with Crippen molar-refractivity contribution in [1.82, 2.24) is 14.5 Å². The second-order valence-corrected chi connectivity index (χ2v) is 4.79. The number of imidazole rings is 1. The van der Waals surface area contributed by atoms with Crippen LogP contribution in [0.25, 0.3) is 11.0 Å². The second-order valence-electron chi connectivity index (χ2n) is 4.79. The van der Waals surface area contributed by atoms with E-state index in [-0.39, 0.29) is 0 Å². The molecule has 3 aromatic rings. The van der Waals surface area contributed by atoms with Crippen molar-refractivity contribution in [3.8, 4) is 5.75 Å². The van der Waals surface area contributed by atoms with E-state index in [0.717, 1.165) is 29.7 Å². The Morgan fingerprint density at radius 1 is 1.24 bits per heavy atom. The maximum atomic E-state index is 6.06.